The molecule has 0 aromatic rings. The number of hydrogen-bond donors (Lipinski definition) is 0. The summed E-state index contributed by atoms with van der Waals surface area (Å²) in [5.41, 5.74) is 8.67. The van der Waals surface area contributed by atoms with Crippen molar-refractivity contribution in [3.8, 4) is 0 Å². The Labute approximate surface area is 85.9 Å². The smallest absolute Gasteiger partial charge is 0.0385 e. The lowest BCUT2D eigenvalue weighted by molar-refractivity contribution is 0.268. The van der Waals surface area contributed by atoms with Crippen LogP contribution in [-0.2, 0) is 0 Å². The molecule has 4 nitrogen and oxygen atoms in total. The zero-order chi connectivity index (χ0) is 10.4. The molecule has 0 saturated carbocycles. The van der Waals surface area contributed by atoms with Gasteiger partial charge in [-0.25, -0.2) is 0 Å². The Kier molecular flexibility index (Phi) is 4.23. The van der Waals surface area contributed by atoms with Crippen LogP contribution in [0.4, 0.5) is 0 Å². The van der Waals surface area contributed by atoms with Crippen LogP contribution in [0.1, 0.15) is 33.1 Å². The molecule has 0 radical (unpaired) electrons. The normalized spacial score (nSPS) is 22.4. The Balaban J connectivity index is 2.31. The van der Waals surface area contributed by atoms with E-state index in [1.54, 1.807) is 0 Å². The van der Waals surface area contributed by atoms with Gasteiger partial charge in [0.1, 0.15) is 0 Å². The second kappa shape index (κ2) is 5.23. The van der Waals surface area contributed by atoms with Crippen molar-refractivity contribution in [2.75, 3.05) is 26.2 Å². The molecule has 1 saturated heterocycles. The molecular formula is C10H20N4. The molecule has 0 atom stereocenters. The predicted molar refractivity (Wildman–Crippen MR) is 58.1 cm³/mol. The lowest BCUT2D eigenvalue weighted by atomic mass is 9.85. The van der Waals surface area contributed by atoms with Gasteiger partial charge in [-0.05, 0) is 43.3 Å². The Hall–Kier alpha value is -0.730. The molecule has 0 spiro atoms. The molecule has 0 amide bonds. The quantitative estimate of drug-likeness (QED) is 0.389. The summed E-state index contributed by atoms with van der Waals surface area (Å²) in [6.07, 6.45) is 3.83. The van der Waals surface area contributed by atoms with Gasteiger partial charge in [0.05, 0.1) is 0 Å². The van der Waals surface area contributed by atoms with Gasteiger partial charge in [-0.3, -0.25) is 0 Å². The van der Waals surface area contributed by atoms with E-state index < -0.39 is 0 Å². The lowest BCUT2D eigenvalue weighted by Crippen LogP contribution is -2.28. The summed E-state index contributed by atoms with van der Waals surface area (Å²) in [5.74, 6) is 0. The van der Waals surface area contributed by atoms with E-state index in [0.717, 1.165) is 19.6 Å². The van der Waals surface area contributed by atoms with Crippen LogP contribution in [0.25, 0.3) is 10.4 Å². The van der Waals surface area contributed by atoms with Gasteiger partial charge in [0.2, 0.25) is 0 Å². The van der Waals surface area contributed by atoms with E-state index in [9.17, 15) is 0 Å². The van der Waals surface area contributed by atoms with E-state index in [4.69, 9.17) is 5.53 Å². The summed E-state index contributed by atoms with van der Waals surface area (Å²) in [5, 5.41) is 3.57. The fraction of sp³-hybridized carbons (Fsp3) is 1.00. The fourth-order valence-electron chi connectivity index (χ4n) is 1.93. The second-order valence-corrected chi connectivity index (χ2v) is 4.81. The maximum atomic E-state index is 8.17. The molecule has 0 aromatic heterocycles. The van der Waals surface area contributed by atoms with E-state index in [1.165, 1.54) is 19.3 Å². The number of likely N-dealkylation sites (tertiary alicyclic amines) is 1. The molecule has 0 aliphatic carbocycles. The van der Waals surface area contributed by atoms with Crippen molar-refractivity contribution >= 4 is 0 Å². The van der Waals surface area contributed by atoms with Crippen LogP contribution in [0, 0.1) is 5.41 Å². The molecule has 0 unspecified atom stereocenters. The maximum absolute atomic E-state index is 8.17. The SMILES string of the molecule is CC1(C)CCCN(CCN=[N+]=[N-])CC1. The molecule has 0 N–H and O–H groups in total. The van der Waals surface area contributed by atoms with Crippen LogP contribution in [0.15, 0.2) is 5.11 Å². The average molecular weight is 196 g/mol. The van der Waals surface area contributed by atoms with Crippen molar-refractivity contribution in [2.45, 2.75) is 33.1 Å². The minimum atomic E-state index is 0.493. The number of azide groups is 1. The summed E-state index contributed by atoms with van der Waals surface area (Å²) >= 11 is 0. The molecule has 1 fully saturated rings. The van der Waals surface area contributed by atoms with Gasteiger partial charge in [-0.1, -0.05) is 19.0 Å². The predicted octanol–water partition coefficient (Wildman–Crippen LogP) is 2.81. The van der Waals surface area contributed by atoms with Crippen LogP contribution in [0.3, 0.4) is 0 Å². The molecule has 1 heterocycles. The molecule has 80 valence electrons. The van der Waals surface area contributed by atoms with Crippen molar-refractivity contribution in [2.24, 2.45) is 10.5 Å². The van der Waals surface area contributed by atoms with Gasteiger partial charge in [-0.15, -0.1) is 0 Å². The van der Waals surface area contributed by atoms with Crippen molar-refractivity contribution in [3.63, 3.8) is 0 Å². The van der Waals surface area contributed by atoms with E-state index in [-0.39, 0.29) is 0 Å². The first-order valence-electron chi connectivity index (χ1n) is 5.37. The fourth-order valence-corrected chi connectivity index (χ4v) is 1.93. The number of hydrogen-bond acceptors (Lipinski definition) is 2. The molecule has 0 bridgehead atoms. The van der Waals surface area contributed by atoms with Crippen LogP contribution in [0.2, 0.25) is 0 Å². The van der Waals surface area contributed by atoms with Gasteiger partial charge in [0, 0.05) is 18.0 Å². The first kappa shape index (κ1) is 11.3. The van der Waals surface area contributed by atoms with Crippen molar-refractivity contribution < 1.29 is 0 Å². The van der Waals surface area contributed by atoms with E-state index in [1.807, 2.05) is 0 Å². The van der Waals surface area contributed by atoms with Crippen LogP contribution in [-0.4, -0.2) is 31.1 Å². The van der Waals surface area contributed by atoms with Crippen molar-refractivity contribution in [1.29, 1.82) is 0 Å². The molecule has 0 aromatic carbocycles. The third-order valence-electron chi connectivity index (χ3n) is 3.01. The second-order valence-electron chi connectivity index (χ2n) is 4.81. The maximum Gasteiger partial charge on any atom is 0.0385 e. The minimum Gasteiger partial charge on any atom is -0.303 e. The van der Waals surface area contributed by atoms with E-state index in [0.29, 0.717) is 12.0 Å². The highest BCUT2D eigenvalue weighted by Crippen LogP contribution is 2.29. The Morgan fingerprint density at radius 1 is 1.36 bits per heavy atom. The van der Waals surface area contributed by atoms with Crippen LogP contribution in [0.5, 0.6) is 0 Å². The lowest BCUT2D eigenvalue weighted by Gasteiger charge is -2.22. The largest absolute Gasteiger partial charge is 0.303 e. The summed E-state index contributed by atoms with van der Waals surface area (Å²) in [6.45, 7) is 8.50. The van der Waals surface area contributed by atoms with Gasteiger partial charge in [0.15, 0.2) is 0 Å². The molecule has 1 rings (SSSR count). The zero-order valence-corrected chi connectivity index (χ0v) is 9.24. The zero-order valence-electron chi connectivity index (χ0n) is 9.24. The third-order valence-corrected chi connectivity index (χ3v) is 3.01. The standard InChI is InChI=1S/C10H20N4/c1-10(2)4-3-7-14(8-5-10)9-6-12-13-11/h3-9H2,1-2H3. The van der Waals surface area contributed by atoms with Gasteiger partial charge < -0.3 is 4.90 Å². The third kappa shape index (κ3) is 3.99. The highest BCUT2D eigenvalue weighted by atomic mass is 15.2. The van der Waals surface area contributed by atoms with Gasteiger partial charge in [0.25, 0.3) is 0 Å². The molecule has 4 heteroatoms. The summed E-state index contributed by atoms with van der Waals surface area (Å²) in [4.78, 5) is 5.18. The van der Waals surface area contributed by atoms with Crippen molar-refractivity contribution in [3.05, 3.63) is 10.4 Å². The molecule has 14 heavy (non-hydrogen) atoms. The monoisotopic (exact) mass is 196 g/mol. The summed E-state index contributed by atoms with van der Waals surface area (Å²) < 4.78 is 0. The molecule has 1 aliphatic rings. The van der Waals surface area contributed by atoms with Gasteiger partial charge in [-0.2, -0.15) is 0 Å². The van der Waals surface area contributed by atoms with Crippen LogP contribution < -0.4 is 0 Å². The van der Waals surface area contributed by atoms with Crippen molar-refractivity contribution in [1.82, 2.24) is 4.90 Å². The molecular weight excluding hydrogens is 176 g/mol. The minimum absolute atomic E-state index is 0.493. The number of rotatable bonds is 3. The summed E-state index contributed by atoms with van der Waals surface area (Å²) in [7, 11) is 0. The number of nitrogens with zero attached hydrogens (tertiary/aromatic N) is 4. The van der Waals surface area contributed by atoms with E-state index in [2.05, 4.69) is 28.8 Å². The highest BCUT2D eigenvalue weighted by Gasteiger charge is 2.22. The first-order valence-corrected chi connectivity index (χ1v) is 5.37. The highest BCUT2D eigenvalue weighted by molar-refractivity contribution is 4.76. The van der Waals surface area contributed by atoms with Gasteiger partial charge >= 0.3 is 0 Å². The Bertz CT molecular complexity index is 218. The summed E-state index contributed by atoms with van der Waals surface area (Å²) in [6, 6.07) is 0. The van der Waals surface area contributed by atoms with E-state index >= 15 is 0 Å². The van der Waals surface area contributed by atoms with Crippen LogP contribution >= 0.6 is 0 Å². The average Bonchev–Trinajstić information content (AvgIpc) is 2.28. The topological polar surface area (TPSA) is 52.0 Å². The first-order chi connectivity index (χ1) is 6.64. The Morgan fingerprint density at radius 3 is 2.86 bits per heavy atom. The Morgan fingerprint density at radius 2 is 2.14 bits per heavy atom. The molecule has 1 aliphatic heterocycles.